The van der Waals surface area contributed by atoms with Gasteiger partial charge in [-0.15, -0.1) is 0 Å². The molecule has 0 aliphatic carbocycles. The Morgan fingerprint density at radius 2 is 1.95 bits per heavy atom. The van der Waals surface area contributed by atoms with E-state index in [-0.39, 0.29) is 31.0 Å². The van der Waals surface area contributed by atoms with Crippen LogP contribution in [0.1, 0.15) is 22.3 Å². The molecule has 0 saturated carbocycles. The molecule has 1 aliphatic heterocycles. The summed E-state index contributed by atoms with van der Waals surface area (Å²) in [5.74, 6) is -1.57. The number of alkyl halides is 3. The Morgan fingerprint density at radius 1 is 1.30 bits per heavy atom. The standard InChI is InChI=1S/C13H12F3NO3/c14-13(15,16)10-3-1-2-9(5-10)12(20)17-6-8(7-17)4-11(18)19/h1-3,5,8H,4,6-7H2,(H,18,19). The van der Waals surface area contributed by atoms with Crippen molar-refractivity contribution < 1.29 is 27.9 Å². The molecule has 0 unspecified atom stereocenters. The van der Waals surface area contributed by atoms with Crippen LogP contribution in [-0.4, -0.2) is 35.0 Å². The number of halogens is 3. The molecular weight excluding hydrogens is 275 g/mol. The highest BCUT2D eigenvalue weighted by Gasteiger charge is 2.34. The maximum absolute atomic E-state index is 12.5. The quantitative estimate of drug-likeness (QED) is 0.927. The van der Waals surface area contributed by atoms with E-state index in [1.807, 2.05) is 0 Å². The van der Waals surface area contributed by atoms with Crippen molar-refractivity contribution in [3.63, 3.8) is 0 Å². The Hall–Kier alpha value is -2.05. The lowest BCUT2D eigenvalue weighted by Crippen LogP contribution is -2.50. The van der Waals surface area contributed by atoms with Gasteiger partial charge in [0.15, 0.2) is 0 Å². The first-order chi connectivity index (χ1) is 9.27. The first-order valence-electron chi connectivity index (χ1n) is 5.95. The molecule has 0 atom stereocenters. The summed E-state index contributed by atoms with van der Waals surface area (Å²) in [6.07, 6.45) is -4.52. The van der Waals surface area contributed by atoms with E-state index < -0.39 is 23.6 Å². The summed E-state index contributed by atoms with van der Waals surface area (Å²) in [7, 11) is 0. The second-order valence-electron chi connectivity index (χ2n) is 4.75. The molecule has 4 nitrogen and oxygen atoms in total. The summed E-state index contributed by atoms with van der Waals surface area (Å²) in [4.78, 5) is 23.8. The second-order valence-corrected chi connectivity index (χ2v) is 4.75. The van der Waals surface area contributed by atoms with Crippen LogP contribution in [0, 0.1) is 5.92 Å². The molecule has 1 N–H and O–H groups in total. The molecule has 1 aromatic carbocycles. The Labute approximate surface area is 112 Å². The van der Waals surface area contributed by atoms with E-state index >= 15 is 0 Å². The Kier molecular flexibility index (Phi) is 3.69. The molecule has 1 aromatic rings. The number of benzene rings is 1. The minimum Gasteiger partial charge on any atom is -0.481 e. The molecule has 2 rings (SSSR count). The lowest BCUT2D eigenvalue weighted by molar-refractivity contribution is -0.139. The molecule has 7 heteroatoms. The van der Waals surface area contributed by atoms with Crippen molar-refractivity contribution in [1.29, 1.82) is 0 Å². The van der Waals surface area contributed by atoms with Crippen LogP contribution in [0.25, 0.3) is 0 Å². The number of carboxylic acid groups (broad SMARTS) is 1. The summed E-state index contributed by atoms with van der Waals surface area (Å²) in [6.45, 7) is 0.531. The van der Waals surface area contributed by atoms with Gasteiger partial charge < -0.3 is 10.0 Å². The van der Waals surface area contributed by atoms with Crippen molar-refractivity contribution in [3.05, 3.63) is 35.4 Å². The molecule has 1 aliphatic rings. The smallest absolute Gasteiger partial charge is 0.416 e. The van der Waals surface area contributed by atoms with E-state index in [4.69, 9.17) is 5.11 Å². The number of likely N-dealkylation sites (tertiary alicyclic amines) is 1. The lowest BCUT2D eigenvalue weighted by Gasteiger charge is -2.38. The number of rotatable bonds is 3. The fraction of sp³-hybridized carbons (Fsp3) is 0.385. The Balaban J connectivity index is 2.03. The second kappa shape index (κ2) is 5.15. The molecule has 1 amide bonds. The molecule has 1 saturated heterocycles. The van der Waals surface area contributed by atoms with Crippen molar-refractivity contribution >= 4 is 11.9 Å². The first kappa shape index (κ1) is 14.4. The molecule has 0 radical (unpaired) electrons. The molecule has 0 spiro atoms. The SMILES string of the molecule is O=C(O)CC1CN(C(=O)c2cccc(C(F)(F)F)c2)C1. The zero-order chi connectivity index (χ0) is 14.9. The highest BCUT2D eigenvalue weighted by Crippen LogP contribution is 2.30. The predicted molar refractivity (Wildman–Crippen MR) is 63.1 cm³/mol. The normalized spacial score (nSPS) is 15.8. The number of hydrogen-bond acceptors (Lipinski definition) is 2. The van der Waals surface area contributed by atoms with Gasteiger partial charge in [0.25, 0.3) is 5.91 Å². The van der Waals surface area contributed by atoms with Gasteiger partial charge in [0.1, 0.15) is 0 Å². The van der Waals surface area contributed by atoms with Gasteiger partial charge >= 0.3 is 12.1 Å². The number of carbonyl (C=O) groups excluding carboxylic acids is 1. The number of amides is 1. The third-order valence-electron chi connectivity index (χ3n) is 3.14. The minimum absolute atomic E-state index is 0.0337. The van der Waals surface area contributed by atoms with Crippen molar-refractivity contribution in [2.75, 3.05) is 13.1 Å². The van der Waals surface area contributed by atoms with Crippen molar-refractivity contribution in [3.8, 4) is 0 Å². The molecule has 0 aromatic heterocycles. The Morgan fingerprint density at radius 3 is 2.50 bits per heavy atom. The minimum atomic E-state index is -4.49. The number of aliphatic carboxylic acids is 1. The predicted octanol–water partition coefficient (Wildman–Crippen LogP) is 2.25. The van der Waals surface area contributed by atoms with Crippen molar-refractivity contribution in [1.82, 2.24) is 4.90 Å². The number of nitrogens with zero attached hydrogens (tertiary/aromatic N) is 1. The van der Waals surface area contributed by atoms with Crippen LogP contribution in [0.15, 0.2) is 24.3 Å². The fourth-order valence-electron chi connectivity index (χ4n) is 2.12. The largest absolute Gasteiger partial charge is 0.481 e. The average Bonchev–Trinajstić information content (AvgIpc) is 2.31. The summed E-state index contributed by atoms with van der Waals surface area (Å²) in [5.41, 5.74) is -0.903. The van der Waals surface area contributed by atoms with Crippen LogP contribution in [0.2, 0.25) is 0 Å². The summed E-state index contributed by atoms with van der Waals surface area (Å²) < 4.78 is 37.6. The van der Waals surface area contributed by atoms with Gasteiger partial charge in [-0.2, -0.15) is 13.2 Å². The topological polar surface area (TPSA) is 57.6 Å². The van der Waals surface area contributed by atoms with Crippen LogP contribution in [-0.2, 0) is 11.0 Å². The van der Waals surface area contributed by atoms with E-state index in [9.17, 15) is 22.8 Å². The van der Waals surface area contributed by atoms with Crippen molar-refractivity contribution in [2.45, 2.75) is 12.6 Å². The van der Waals surface area contributed by atoms with Crippen LogP contribution in [0.5, 0.6) is 0 Å². The van der Waals surface area contributed by atoms with Crippen molar-refractivity contribution in [2.24, 2.45) is 5.92 Å². The highest BCUT2D eigenvalue weighted by atomic mass is 19.4. The van der Waals surface area contributed by atoms with Gasteiger partial charge in [0, 0.05) is 24.6 Å². The van der Waals surface area contributed by atoms with Gasteiger partial charge in [-0.1, -0.05) is 6.07 Å². The van der Waals surface area contributed by atoms with Crippen LogP contribution in [0.3, 0.4) is 0 Å². The molecular formula is C13H12F3NO3. The monoisotopic (exact) mass is 287 g/mol. The van der Waals surface area contributed by atoms with E-state index in [2.05, 4.69) is 0 Å². The average molecular weight is 287 g/mol. The number of hydrogen-bond donors (Lipinski definition) is 1. The van der Waals surface area contributed by atoms with Crippen LogP contribution in [0.4, 0.5) is 13.2 Å². The Bertz CT molecular complexity index is 536. The first-order valence-corrected chi connectivity index (χ1v) is 5.95. The maximum Gasteiger partial charge on any atom is 0.416 e. The van der Waals surface area contributed by atoms with E-state index in [0.717, 1.165) is 12.1 Å². The van der Waals surface area contributed by atoms with E-state index in [1.54, 1.807) is 0 Å². The van der Waals surface area contributed by atoms with E-state index in [1.165, 1.54) is 17.0 Å². The van der Waals surface area contributed by atoms with Gasteiger partial charge in [0.05, 0.1) is 12.0 Å². The number of carboxylic acids is 1. The molecule has 20 heavy (non-hydrogen) atoms. The molecule has 1 fully saturated rings. The summed E-state index contributed by atoms with van der Waals surface area (Å²) in [6, 6.07) is 4.22. The molecule has 0 bridgehead atoms. The zero-order valence-electron chi connectivity index (χ0n) is 10.4. The van der Waals surface area contributed by atoms with Crippen LogP contribution >= 0.6 is 0 Å². The molecule has 108 valence electrons. The van der Waals surface area contributed by atoms with Gasteiger partial charge in [-0.25, -0.2) is 0 Å². The maximum atomic E-state index is 12.5. The third kappa shape index (κ3) is 3.09. The zero-order valence-corrected chi connectivity index (χ0v) is 10.4. The summed E-state index contributed by atoms with van der Waals surface area (Å²) >= 11 is 0. The third-order valence-corrected chi connectivity index (χ3v) is 3.14. The molecule has 1 heterocycles. The summed E-state index contributed by atoms with van der Waals surface area (Å²) in [5, 5.41) is 8.59. The van der Waals surface area contributed by atoms with E-state index in [0.29, 0.717) is 0 Å². The van der Waals surface area contributed by atoms with Crippen LogP contribution < -0.4 is 0 Å². The highest BCUT2D eigenvalue weighted by molar-refractivity contribution is 5.95. The van der Waals surface area contributed by atoms with Gasteiger partial charge in [0.2, 0.25) is 0 Å². The lowest BCUT2D eigenvalue weighted by atomic mass is 9.95. The van der Waals surface area contributed by atoms with Gasteiger partial charge in [-0.3, -0.25) is 9.59 Å². The number of carbonyl (C=O) groups is 2. The fourth-order valence-corrected chi connectivity index (χ4v) is 2.12. The van der Waals surface area contributed by atoms with Gasteiger partial charge in [-0.05, 0) is 18.2 Å².